The molecule has 1 aromatic carbocycles. The second-order valence-electron chi connectivity index (χ2n) is 3.56. The van der Waals surface area contributed by atoms with Gasteiger partial charge in [0.25, 0.3) is 0 Å². The summed E-state index contributed by atoms with van der Waals surface area (Å²) < 4.78 is 1.47. The fourth-order valence-corrected chi connectivity index (χ4v) is 2.35. The molecule has 0 radical (unpaired) electrons. The number of hydrogen-bond donors (Lipinski definition) is 2. The zero-order valence-corrected chi connectivity index (χ0v) is 12.8. The summed E-state index contributed by atoms with van der Waals surface area (Å²) in [5.74, 6) is 0.193. The lowest BCUT2D eigenvalue weighted by Crippen LogP contribution is -2.11. The average Bonchev–Trinajstić information content (AvgIpc) is 2.11. The summed E-state index contributed by atoms with van der Waals surface area (Å²) in [6, 6.07) is 3.39. The first-order valence-corrected chi connectivity index (χ1v) is 6.09. The van der Waals surface area contributed by atoms with Gasteiger partial charge in [0.2, 0.25) is 0 Å². The van der Waals surface area contributed by atoms with Crippen LogP contribution in [0.4, 0.5) is 0 Å². The molecule has 0 aliphatic rings. The predicted molar refractivity (Wildman–Crippen MR) is 77.1 cm³/mol. The molecule has 0 unspecified atom stereocenters. The first kappa shape index (κ1) is 16.0. The van der Waals surface area contributed by atoms with Crippen molar-refractivity contribution in [1.82, 2.24) is 0 Å². The summed E-state index contributed by atoms with van der Waals surface area (Å²) in [5, 5.41) is 9.88. The molecule has 1 atom stereocenters. The molecule has 0 amide bonds. The highest BCUT2D eigenvalue weighted by Crippen LogP contribution is 2.38. The Morgan fingerprint density at radius 2 is 1.94 bits per heavy atom. The summed E-state index contributed by atoms with van der Waals surface area (Å²) in [5.41, 5.74) is 7.70. The van der Waals surface area contributed by atoms with Gasteiger partial charge in [-0.3, -0.25) is 0 Å². The Bertz CT molecular complexity index is 396. The van der Waals surface area contributed by atoms with E-state index in [1.54, 1.807) is 6.07 Å². The molecule has 90 valence electrons. The molecule has 0 aliphatic heterocycles. The van der Waals surface area contributed by atoms with Gasteiger partial charge in [-0.05, 0) is 41.4 Å². The van der Waals surface area contributed by atoms with Crippen molar-refractivity contribution < 1.29 is 5.11 Å². The molecule has 1 rings (SSSR count). The fourth-order valence-electron chi connectivity index (χ4n) is 1.39. The van der Waals surface area contributed by atoms with Gasteiger partial charge >= 0.3 is 0 Å². The standard InChI is InChI=1S/C11H13Br2NO.ClH/c1-6(2)5-9(14)10-7(12)3-4-8(13)11(10)15;/h3-4,9,15H,1,5,14H2,2H3;1H/t9-;/m0./s1. The normalized spacial score (nSPS) is 11.8. The number of rotatable bonds is 3. The van der Waals surface area contributed by atoms with Crippen molar-refractivity contribution in [1.29, 1.82) is 0 Å². The van der Waals surface area contributed by atoms with Crippen LogP contribution in [0.1, 0.15) is 24.9 Å². The van der Waals surface area contributed by atoms with Crippen molar-refractivity contribution in [3.05, 3.63) is 38.8 Å². The Morgan fingerprint density at radius 3 is 2.44 bits per heavy atom. The summed E-state index contributed by atoms with van der Waals surface area (Å²) in [6.07, 6.45) is 0.655. The third-order valence-electron chi connectivity index (χ3n) is 2.05. The second kappa shape index (κ2) is 6.64. The van der Waals surface area contributed by atoms with Gasteiger partial charge < -0.3 is 10.8 Å². The minimum atomic E-state index is -0.241. The van der Waals surface area contributed by atoms with Crippen molar-refractivity contribution in [2.75, 3.05) is 0 Å². The van der Waals surface area contributed by atoms with Crippen molar-refractivity contribution in [3.63, 3.8) is 0 Å². The van der Waals surface area contributed by atoms with E-state index in [2.05, 4.69) is 38.4 Å². The Balaban J connectivity index is 0.00000225. The van der Waals surface area contributed by atoms with Gasteiger partial charge in [-0.15, -0.1) is 19.0 Å². The first-order chi connectivity index (χ1) is 6.93. The van der Waals surface area contributed by atoms with Crippen LogP contribution in [-0.2, 0) is 0 Å². The van der Waals surface area contributed by atoms with Crippen LogP contribution in [0, 0.1) is 0 Å². The topological polar surface area (TPSA) is 46.2 Å². The summed E-state index contributed by atoms with van der Waals surface area (Å²) >= 11 is 6.65. The highest BCUT2D eigenvalue weighted by atomic mass is 79.9. The number of phenols is 1. The quantitative estimate of drug-likeness (QED) is 0.778. The van der Waals surface area contributed by atoms with Crippen molar-refractivity contribution >= 4 is 44.3 Å². The monoisotopic (exact) mass is 369 g/mol. The molecule has 5 heteroatoms. The summed E-state index contributed by atoms with van der Waals surface area (Å²) in [6.45, 7) is 5.73. The van der Waals surface area contributed by atoms with Gasteiger partial charge in [-0.1, -0.05) is 21.5 Å². The van der Waals surface area contributed by atoms with Crippen molar-refractivity contribution in [3.8, 4) is 5.75 Å². The Kier molecular flexibility index (Phi) is 6.63. The average molecular weight is 371 g/mol. The Hall–Kier alpha value is -0.0300. The lowest BCUT2D eigenvalue weighted by molar-refractivity contribution is 0.457. The van der Waals surface area contributed by atoms with Crippen molar-refractivity contribution in [2.24, 2.45) is 5.73 Å². The molecule has 0 saturated carbocycles. The van der Waals surface area contributed by atoms with Crippen LogP contribution in [0.25, 0.3) is 0 Å². The lowest BCUT2D eigenvalue weighted by atomic mass is 10.0. The van der Waals surface area contributed by atoms with Crippen LogP contribution in [0.15, 0.2) is 33.2 Å². The first-order valence-electron chi connectivity index (χ1n) is 4.50. The maximum absolute atomic E-state index is 9.88. The largest absolute Gasteiger partial charge is 0.506 e. The molecular formula is C11H14Br2ClNO. The van der Waals surface area contributed by atoms with Crippen LogP contribution in [-0.4, -0.2) is 5.11 Å². The SMILES string of the molecule is C=C(C)C[C@H](N)c1c(Br)ccc(Br)c1O.Cl. The van der Waals surface area contributed by atoms with E-state index in [1.807, 2.05) is 13.0 Å². The van der Waals surface area contributed by atoms with Gasteiger partial charge in [-0.2, -0.15) is 0 Å². The Morgan fingerprint density at radius 1 is 1.44 bits per heavy atom. The molecule has 0 bridgehead atoms. The molecule has 0 saturated heterocycles. The van der Waals surface area contributed by atoms with Crippen LogP contribution in [0.5, 0.6) is 5.75 Å². The van der Waals surface area contributed by atoms with Gasteiger partial charge in [0.1, 0.15) is 5.75 Å². The minimum Gasteiger partial charge on any atom is -0.506 e. The predicted octanol–water partition coefficient (Wildman–Crippen LogP) is 4.31. The molecule has 1 aromatic rings. The minimum absolute atomic E-state index is 0. The van der Waals surface area contributed by atoms with E-state index in [1.165, 1.54) is 0 Å². The number of benzene rings is 1. The van der Waals surface area contributed by atoms with E-state index in [0.29, 0.717) is 16.5 Å². The number of aromatic hydroxyl groups is 1. The van der Waals surface area contributed by atoms with E-state index in [4.69, 9.17) is 5.73 Å². The second-order valence-corrected chi connectivity index (χ2v) is 5.27. The van der Waals surface area contributed by atoms with E-state index in [-0.39, 0.29) is 24.2 Å². The third kappa shape index (κ3) is 3.77. The van der Waals surface area contributed by atoms with Crippen molar-refractivity contribution in [2.45, 2.75) is 19.4 Å². The van der Waals surface area contributed by atoms with Gasteiger partial charge in [0.05, 0.1) is 4.47 Å². The molecule has 2 nitrogen and oxygen atoms in total. The zero-order valence-electron chi connectivity index (χ0n) is 8.84. The van der Waals surface area contributed by atoms with Crippen LogP contribution >= 0.6 is 44.3 Å². The number of phenolic OH excluding ortho intramolecular Hbond substituents is 1. The summed E-state index contributed by atoms with van der Waals surface area (Å²) in [7, 11) is 0. The van der Waals surface area contributed by atoms with Gasteiger partial charge in [0.15, 0.2) is 0 Å². The highest BCUT2D eigenvalue weighted by molar-refractivity contribution is 9.11. The van der Waals surface area contributed by atoms with Gasteiger partial charge in [0, 0.05) is 16.1 Å². The Labute approximate surface area is 119 Å². The molecular weight excluding hydrogens is 357 g/mol. The zero-order chi connectivity index (χ0) is 11.6. The van der Waals surface area contributed by atoms with Gasteiger partial charge in [-0.25, -0.2) is 0 Å². The molecule has 3 N–H and O–H groups in total. The lowest BCUT2D eigenvalue weighted by Gasteiger charge is -2.16. The van der Waals surface area contributed by atoms with Crippen LogP contribution < -0.4 is 5.73 Å². The number of nitrogens with two attached hydrogens (primary N) is 1. The number of halogens is 3. The summed E-state index contributed by atoms with van der Waals surface area (Å²) in [4.78, 5) is 0. The highest BCUT2D eigenvalue weighted by Gasteiger charge is 2.16. The molecule has 0 aromatic heterocycles. The van der Waals surface area contributed by atoms with Crippen LogP contribution in [0.2, 0.25) is 0 Å². The molecule has 0 aliphatic carbocycles. The van der Waals surface area contributed by atoms with E-state index in [9.17, 15) is 5.11 Å². The molecule has 0 spiro atoms. The number of hydrogen-bond acceptors (Lipinski definition) is 2. The van der Waals surface area contributed by atoms with Crippen LogP contribution in [0.3, 0.4) is 0 Å². The maximum Gasteiger partial charge on any atom is 0.135 e. The fraction of sp³-hybridized carbons (Fsp3) is 0.273. The van der Waals surface area contributed by atoms with E-state index >= 15 is 0 Å². The third-order valence-corrected chi connectivity index (χ3v) is 3.39. The maximum atomic E-state index is 9.88. The molecule has 0 fully saturated rings. The van der Waals surface area contributed by atoms with E-state index in [0.717, 1.165) is 10.0 Å². The smallest absolute Gasteiger partial charge is 0.135 e. The molecule has 16 heavy (non-hydrogen) atoms. The van der Waals surface area contributed by atoms with E-state index < -0.39 is 0 Å². The molecule has 0 heterocycles.